The molecule has 0 aromatic heterocycles. The van der Waals surface area contributed by atoms with E-state index < -0.39 is 23.8 Å². The highest BCUT2D eigenvalue weighted by molar-refractivity contribution is 7.80. The average Bonchev–Trinajstić information content (AvgIpc) is 2.43. The number of carbonyl (C=O) groups is 3. The van der Waals surface area contributed by atoms with Crippen LogP contribution in [-0.2, 0) is 9.59 Å². The molecule has 21 heavy (non-hydrogen) atoms. The number of amides is 4. The van der Waals surface area contributed by atoms with Crippen molar-refractivity contribution in [1.82, 2.24) is 10.7 Å². The lowest BCUT2D eigenvalue weighted by atomic mass is 10.1. The summed E-state index contributed by atoms with van der Waals surface area (Å²) in [4.78, 5) is 35.9. The van der Waals surface area contributed by atoms with E-state index in [4.69, 9.17) is 18.0 Å². The normalized spacial score (nSPS) is 18.8. The SMILES string of the molecule is NC(=O)N/N=C\[C@H]1C(=O)NC(=S)N(c2ccccc2)C1=O. The van der Waals surface area contributed by atoms with Crippen LogP contribution in [-0.4, -0.2) is 29.2 Å². The summed E-state index contributed by atoms with van der Waals surface area (Å²) in [6, 6.07) is 7.72. The first kappa shape index (κ1) is 14.6. The van der Waals surface area contributed by atoms with E-state index in [0.29, 0.717) is 5.69 Å². The molecule has 0 saturated carbocycles. The largest absolute Gasteiger partial charge is 0.350 e. The van der Waals surface area contributed by atoms with E-state index in [9.17, 15) is 14.4 Å². The number of urea groups is 1. The third-order valence-electron chi connectivity index (χ3n) is 2.61. The standard InChI is InChI=1S/C12H11N5O3S/c13-11(20)16-14-6-8-9(18)15-12(21)17(10(8)19)7-4-2-1-3-5-7/h1-6,8H,(H3,13,16,20)(H,15,18,21)/b14-6-/t8-/m0/s1. The number of nitrogens with two attached hydrogens (primary N) is 1. The van der Waals surface area contributed by atoms with Crippen LogP contribution in [0.2, 0.25) is 0 Å². The second-order valence-electron chi connectivity index (χ2n) is 4.04. The van der Waals surface area contributed by atoms with E-state index in [1.54, 1.807) is 30.3 Å². The van der Waals surface area contributed by atoms with Gasteiger partial charge < -0.3 is 11.1 Å². The van der Waals surface area contributed by atoms with Crippen LogP contribution in [0.25, 0.3) is 0 Å². The van der Waals surface area contributed by atoms with Gasteiger partial charge in [-0.2, -0.15) is 5.10 Å². The molecule has 108 valence electrons. The molecule has 1 aromatic rings. The van der Waals surface area contributed by atoms with Crippen molar-refractivity contribution in [3.8, 4) is 0 Å². The van der Waals surface area contributed by atoms with Crippen molar-refractivity contribution in [1.29, 1.82) is 0 Å². The third-order valence-corrected chi connectivity index (χ3v) is 2.90. The number of carbonyl (C=O) groups excluding carboxylic acids is 3. The Morgan fingerprint density at radius 2 is 2.05 bits per heavy atom. The summed E-state index contributed by atoms with van der Waals surface area (Å²) in [5, 5.41) is 5.85. The Labute approximate surface area is 125 Å². The van der Waals surface area contributed by atoms with E-state index in [0.717, 1.165) is 6.21 Å². The molecule has 1 atom stereocenters. The van der Waals surface area contributed by atoms with Crippen LogP contribution in [0.3, 0.4) is 0 Å². The summed E-state index contributed by atoms with van der Waals surface area (Å²) in [5.41, 5.74) is 7.28. The lowest BCUT2D eigenvalue weighted by molar-refractivity contribution is -0.130. The predicted octanol–water partition coefficient (Wildman–Crippen LogP) is -0.295. The summed E-state index contributed by atoms with van der Waals surface area (Å²) in [6.07, 6.45) is 1.00. The van der Waals surface area contributed by atoms with E-state index in [1.807, 2.05) is 5.43 Å². The Morgan fingerprint density at radius 1 is 1.38 bits per heavy atom. The molecule has 0 aliphatic carbocycles. The molecule has 1 heterocycles. The molecule has 1 saturated heterocycles. The van der Waals surface area contributed by atoms with Crippen LogP contribution in [0.1, 0.15) is 0 Å². The number of hydrogen-bond acceptors (Lipinski definition) is 5. The van der Waals surface area contributed by atoms with Crippen LogP contribution in [0.15, 0.2) is 35.4 Å². The van der Waals surface area contributed by atoms with Gasteiger partial charge in [0.2, 0.25) is 5.91 Å². The van der Waals surface area contributed by atoms with Crippen molar-refractivity contribution in [2.45, 2.75) is 0 Å². The predicted molar refractivity (Wildman–Crippen MR) is 79.4 cm³/mol. The average molecular weight is 305 g/mol. The lowest BCUT2D eigenvalue weighted by Gasteiger charge is -2.30. The second-order valence-corrected chi connectivity index (χ2v) is 4.42. The Balaban J connectivity index is 2.26. The fourth-order valence-electron chi connectivity index (χ4n) is 1.72. The van der Waals surface area contributed by atoms with E-state index in [2.05, 4.69) is 10.4 Å². The molecule has 4 N–H and O–H groups in total. The van der Waals surface area contributed by atoms with Gasteiger partial charge in [-0.25, -0.2) is 10.2 Å². The van der Waals surface area contributed by atoms with E-state index in [1.165, 1.54) is 4.90 Å². The van der Waals surface area contributed by atoms with Gasteiger partial charge in [0, 0.05) is 6.21 Å². The van der Waals surface area contributed by atoms with Crippen molar-refractivity contribution in [3.63, 3.8) is 0 Å². The minimum absolute atomic E-state index is 0.0105. The smallest absolute Gasteiger partial charge is 0.332 e. The minimum atomic E-state index is -1.20. The molecule has 1 aromatic carbocycles. The van der Waals surface area contributed by atoms with Gasteiger partial charge in [-0.05, 0) is 24.4 Å². The number of hydrazone groups is 1. The highest BCUT2D eigenvalue weighted by Crippen LogP contribution is 2.19. The first-order valence-corrected chi connectivity index (χ1v) is 6.24. The molecular weight excluding hydrogens is 294 g/mol. The highest BCUT2D eigenvalue weighted by Gasteiger charge is 2.38. The van der Waals surface area contributed by atoms with Crippen molar-refractivity contribution < 1.29 is 14.4 Å². The molecule has 0 radical (unpaired) electrons. The Morgan fingerprint density at radius 3 is 2.67 bits per heavy atom. The molecule has 8 nitrogen and oxygen atoms in total. The number of rotatable bonds is 3. The summed E-state index contributed by atoms with van der Waals surface area (Å²) in [7, 11) is 0. The number of nitrogens with zero attached hydrogens (tertiary/aromatic N) is 2. The number of nitrogens with one attached hydrogen (secondary N) is 2. The van der Waals surface area contributed by atoms with Crippen LogP contribution >= 0.6 is 12.2 Å². The van der Waals surface area contributed by atoms with Gasteiger partial charge in [-0.15, -0.1) is 0 Å². The molecule has 2 rings (SSSR count). The zero-order valence-corrected chi connectivity index (χ0v) is 11.5. The summed E-state index contributed by atoms with van der Waals surface area (Å²) >= 11 is 5.01. The Kier molecular flexibility index (Phi) is 4.24. The molecule has 4 amide bonds. The molecule has 0 bridgehead atoms. The fourth-order valence-corrected chi connectivity index (χ4v) is 2.01. The first-order valence-electron chi connectivity index (χ1n) is 5.83. The van der Waals surface area contributed by atoms with E-state index in [-0.39, 0.29) is 5.11 Å². The number of para-hydroxylation sites is 1. The fraction of sp³-hybridized carbons (Fsp3) is 0.0833. The zero-order valence-electron chi connectivity index (χ0n) is 10.6. The third kappa shape index (κ3) is 3.20. The van der Waals surface area contributed by atoms with Crippen LogP contribution in [0.4, 0.5) is 10.5 Å². The first-order chi connectivity index (χ1) is 10.0. The molecule has 0 unspecified atom stereocenters. The number of hydrogen-bond donors (Lipinski definition) is 3. The van der Waals surface area contributed by atoms with Gasteiger partial charge in [0.15, 0.2) is 11.0 Å². The summed E-state index contributed by atoms with van der Waals surface area (Å²) in [6.45, 7) is 0. The molecule has 9 heteroatoms. The molecular formula is C12H11N5O3S. The van der Waals surface area contributed by atoms with Gasteiger partial charge in [0.1, 0.15) is 0 Å². The molecule has 1 fully saturated rings. The van der Waals surface area contributed by atoms with Crippen molar-refractivity contribution >= 4 is 47.1 Å². The number of anilines is 1. The molecule has 1 aliphatic heterocycles. The van der Waals surface area contributed by atoms with Crippen LogP contribution in [0, 0.1) is 5.92 Å². The number of thiocarbonyl (C=S) groups is 1. The van der Waals surface area contributed by atoms with Gasteiger partial charge >= 0.3 is 6.03 Å². The van der Waals surface area contributed by atoms with Gasteiger partial charge in [0.25, 0.3) is 5.91 Å². The van der Waals surface area contributed by atoms with Gasteiger partial charge in [-0.3, -0.25) is 14.5 Å². The Bertz CT molecular complexity index is 631. The van der Waals surface area contributed by atoms with Crippen molar-refractivity contribution in [3.05, 3.63) is 30.3 Å². The quantitative estimate of drug-likeness (QED) is 0.308. The van der Waals surface area contributed by atoms with E-state index >= 15 is 0 Å². The number of primary amides is 1. The maximum absolute atomic E-state index is 12.4. The molecule has 0 spiro atoms. The van der Waals surface area contributed by atoms with Gasteiger partial charge in [-0.1, -0.05) is 18.2 Å². The van der Waals surface area contributed by atoms with Crippen LogP contribution < -0.4 is 21.4 Å². The van der Waals surface area contributed by atoms with Crippen LogP contribution in [0.5, 0.6) is 0 Å². The number of benzene rings is 1. The second kappa shape index (κ2) is 6.09. The maximum atomic E-state index is 12.4. The monoisotopic (exact) mass is 305 g/mol. The highest BCUT2D eigenvalue weighted by atomic mass is 32.1. The minimum Gasteiger partial charge on any atom is -0.350 e. The Hall–Kier alpha value is -2.81. The van der Waals surface area contributed by atoms with Crippen molar-refractivity contribution in [2.75, 3.05) is 4.90 Å². The maximum Gasteiger partial charge on any atom is 0.332 e. The topological polar surface area (TPSA) is 117 Å². The van der Waals surface area contributed by atoms with Crippen molar-refractivity contribution in [2.24, 2.45) is 16.8 Å². The van der Waals surface area contributed by atoms with Gasteiger partial charge in [0.05, 0.1) is 5.69 Å². The summed E-state index contributed by atoms with van der Waals surface area (Å²) in [5.74, 6) is -2.39. The zero-order chi connectivity index (χ0) is 15.4. The summed E-state index contributed by atoms with van der Waals surface area (Å²) < 4.78 is 0. The molecule has 1 aliphatic rings. The lowest BCUT2D eigenvalue weighted by Crippen LogP contribution is -2.58.